The molecular weight excluding hydrogens is 246 g/mol. The topological polar surface area (TPSA) is 21.3 Å². The Bertz CT molecular complexity index is 524. The van der Waals surface area contributed by atoms with E-state index in [2.05, 4.69) is 49.5 Å². The van der Waals surface area contributed by atoms with Gasteiger partial charge in [0.05, 0.1) is 7.11 Å². The zero-order valence-corrected chi connectivity index (χ0v) is 12.6. The summed E-state index contributed by atoms with van der Waals surface area (Å²) in [5.41, 5.74) is 5.34. The number of hydrogen-bond acceptors (Lipinski definition) is 2. The number of anilines is 1. The van der Waals surface area contributed by atoms with E-state index in [1.807, 2.05) is 12.1 Å². The Kier molecular flexibility index (Phi) is 5.05. The molecule has 0 saturated carbocycles. The van der Waals surface area contributed by atoms with Crippen LogP contribution in [0.5, 0.6) is 5.75 Å². The molecule has 0 atom stereocenters. The molecule has 0 radical (unpaired) electrons. The maximum Gasteiger partial charge on any atom is 0.118 e. The molecule has 0 aliphatic rings. The van der Waals surface area contributed by atoms with E-state index < -0.39 is 0 Å². The number of hydrogen-bond donors (Lipinski definition) is 1. The number of ether oxygens (including phenoxy) is 1. The van der Waals surface area contributed by atoms with Gasteiger partial charge in [-0.15, -0.1) is 0 Å². The Balaban J connectivity index is 2.13. The summed E-state index contributed by atoms with van der Waals surface area (Å²) in [6, 6.07) is 14.8. The normalized spacial score (nSPS) is 10.3. The van der Waals surface area contributed by atoms with Gasteiger partial charge in [0.25, 0.3) is 0 Å². The molecule has 2 aromatic carbocycles. The lowest BCUT2D eigenvalue weighted by atomic mass is 10.0. The first kappa shape index (κ1) is 14.4. The van der Waals surface area contributed by atoms with Gasteiger partial charge in [-0.3, -0.25) is 0 Å². The molecule has 2 heteroatoms. The summed E-state index contributed by atoms with van der Waals surface area (Å²) < 4.78 is 5.18. The molecule has 2 aromatic rings. The van der Waals surface area contributed by atoms with Crippen molar-refractivity contribution in [2.45, 2.75) is 33.2 Å². The third kappa shape index (κ3) is 3.32. The van der Waals surface area contributed by atoms with Crippen LogP contribution in [0.25, 0.3) is 0 Å². The number of nitrogens with one attached hydrogen (secondary N) is 1. The fourth-order valence-electron chi connectivity index (χ4n) is 2.40. The van der Waals surface area contributed by atoms with Gasteiger partial charge in [-0.1, -0.05) is 44.2 Å². The quantitative estimate of drug-likeness (QED) is 0.837. The number of aryl methyl sites for hydroxylation is 2. The number of para-hydroxylation sites is 1. The second kappa shape index (κ2) is 6.99. The summed E-state index contributed by atoms with van der Waals surface area (Å²) in [6.07, 6.45) is 2.11. The maximum atomic E-state index is 5.18. The third-order valence-corrected chi connectivity index (χ3v) is 3.63. The molecule has 20 heavy (non-hydrogen) atoms. The van der Waals surface area contributed by atoms with Crippen molar-refractivity contribution < 1.29 is 4.74 Å². The average Bonchev–Trinajstić information content (AvgIpc) is 2.52. The van der Waals surface area contributed by atoms with Gasteiger partial charge < -0.3 is 10.1 Å². The van der Waals surface area contributed by atoms with Gasteiger partial charge in [-0.2, -0.15) is 0 Å². The van der Waals surface area contributed by atoms with Gasteiger partial charge in [-0.25, -0.2) is 0 Å². The standard InChI is InChI=1S/C18H23NO/c1-4-15-7-6-8-16(5-2)18(15)19-13-14-9-11-17(20-3)12-10-14/h6-12,19H,4-5,13H2,1-3H3. The fourth-order valence-corrected chi connectivity index (χ4v) is 2.40. The van der Waals surface area contributed by atoms with Gasteiger partial charge in [0.1, 0.15) is 5.75 Å². The van der Waals surface area contributed by atoms with Gasteiger partial charge in [0.2, 0.25) is 0 Å². The van der Waals surface area contributed by atoms with Crippen molar-refractivity contribution in [2.24, 2.45) is 0 Å². The zero-order valence-electron chi connectivity index (χ0n) is 12.6. The van der Waals surface area contributed by atoms with Crippen LogP contribution in [0.15, 0.2) is 42.5 Å². The molecule has 0 spiro atoms. The van der Waals surface area contributed by atoms with Crippen LogP contribution in [0.2, 0.25) is 0 Å². The molecule has 0 bridgehead atoms. The summed E-state index contributed by atoms with van der Waals surface area (Å²) in [6.45, 7) is 5.24. The highest BCUT2D eigenvalue weighted by molar-refractivity contribution is 5.58. The van der Waals surface area contributed by atoms with E-state index in [1.54, 1.807) is 7.11 Å². The van der Waals surface area contributed by atoms with Crippen molar-refractivity contribution >= 4 is 5.69 Å². The Morgan fingerprint density at radius 1 is 0.900 bits per heavy atom. The largest absolute Gasteiger partial charge is 0.497 e. The van der Waals surface area contributed by atoms with Crippen LogP contribution < -0.4 is 10.1 Å². The monoisotopic (exact) mass is 269 g/mol. The first-order chi connectivity index (χ1) is 9.78. The van der Waals surface area contributed by atoms with Crippen molar-refractivity contribution in [3.05, 3.63) is 59.2 Å². The lowest BCUT2D eigenvalue weighted by Gasteiger charge is -2.15. The molecule has 0 heterocycles. The molecule has 2 rings (SSSR count). The summed E-state index contributed by atoms with van der Waals surface area (Å²) in [4.78, 5) is 0. The smallest absolute Gasteiger partial charge is 0.118 e. The van der Waals surface area contributed by atoms with Crippen LogP contribution >= 0.6 is 0 Å². The highest BCUT2D eigenvalue weighted by Crippen LogP contribution is 2.23. The second-order valence-electron chi connectivity index (χ2n) is 4.86. The maximum absolute atomic E-state index is 5.18. The Hall–Kier alpha value is -1.96. The van der Waals surface area contributed by atoms with E-state index in [-0.39, 0.29) is 0 Å². The molecule has 0 saturated heterocycles. The number of benzene rings is 2. The van der Waals surface area contributed by atoms with Crippen LogP contribution in [0, 0.1) is 0 Å². The number of methoxy groups -OCH3 is 1. The van der Waals surface area contributed by atoms with E-state index in [9.17, 15) is 0 Å². The van der Waals surface area contributed by atoms with E-state index >= 15 is 0 Å². The lowest BCUT2D eigenvalue weighted by molar-refractivity contribution is 0.414. The first-order valence-electron chi connectivity index (χ1n) is 7.26. The molecule has 0 aromatic heterocycles. The van der Waals surface area contributed by atoms with Crippen molar-refractivity contribution in [1.29, 1.82) is 0 Å². The summed E-state index contributed by atoms with van der Waals surface area (Å²) in [5.74, 6) is 0.900. The van der Waals surface area contributed by atoms with E-state index in [0.29, 0.717) is 0 Å². The van der Waals surface area contributed by atoms with Crippen molar-refractivity contribution in [1.82, 2.24) is 0 Å². The molecule has 2 nitrogen and oxygen atoms in total. The summed E-state index contributed by atoms with van der Waals surface area (Å²) >= 11 is 0. The zero-order chi connectivity index (χ0) is 14.4. The minimum absolute atomic E-state index is 0.841. The van der Waals surface area contributed by atoms with Crippen LogP contribution in [0.4, 0.5) is 5.69 Å². The average molecular weight is 269 g/mol. The van der Waals surface area contributed by atoms with Crippen LogP contribution in [-0.4, -0.2) is 7.11 Å². The molecule has 106 valence electrons. The molecule has 0 fully saturated rings. The van der Waals surface area contributed by atoms with E-state index in [0.717, 1.165) is 25.1 Å². The van der Waals surface area contributed by atoms with Crippen molar-refractivity contribution in [3.63, 3.8) is 0 Å². The van der Waals surface area contributed by atoms with Gasteiger partial charge in [0, 0.05) is 12.2 Å². The minimum Gasteiger partial charge on any atom is -0.497 e. The predicted molar refractivity (Wildman–Crippen MR) is 85.5 cm³/mol. The van der Waals surface area contributed by atoms with E-state index in [1.165, 1.54) is 22.4 Å². The van der Waals surface area contributed by atoms with Crippen LogP contribution in [0.3, 0.4) is 0 Å². The highest BCUT2D eigenvalue weighted by Gasteiger charge is 2.05. The van der Waals surface area contributed by atoms with Crippen molar-refractivity contribution in [2.75, 3.05) is 12.4 Å². The van der Waals surface area contributed by atoms with Gasteiger partial charge in [0.15, 0.2) is 0 Å². The molecule has 0 unspecified atom stereocenters. The van der Waals surface area contributed by atoms with Crippen LogP contribution in [0.1, 0.15) is 30.5 Å². The minimum atomic E-state index is 0.841. The van der Waals surface area contributed by atoms with Crippen molar-refractivity contribution in [3.8, 4) is 5.75 Å². The fraction of sp³-hybridized carbons (Fsp3) is 0.333. The molecule has 0 amide bonds. The Labute approximate surface area is 121 Å². The molecular formula is C18H23NO. The van der Waals surface area contributed by atoms with Crippen LogP contribution in [-0.2, 0) is 19.4 Å². The molecule has 1 N–H and O–H groups in total. The Morgan fingerprint density at radius 3 is 2.00 bits per heavy atom. The SMILES string of the molecule is CCc1cccc(CC)c1NCc1ccc(OC)cc1. The third-order valence-electron chi connectivity index (χ3n) is 3.63. The van der Waals surface area contributed by atoms with Gasteiger partial charge in [-0.05, 0) is 41.7 Å². The molecule has 0 aliphatic heterocycles. The number of rotatable bonds is 6. The Morgan fingerprint density at radius 2 is 1.50 bits per heavy atom. The molecule has 0 aliphatic carbocycles. The summed E-state index contributed by atoms with van der Waals surface area (Å²) in [7, 11) is 1.69. The van der Waals surface area contributed by atoms with Gasteiger partial charge >= 0.3 is 0 Å². The highest BCUT2D eigenvalue weighted by atomic mass is 16.5. The second-order valence-corrected chi connectivity index (χ2v) is 4.86. The van der Waals surface area contributed by atoms with E-state index in [4.69, 9.17) is 4.74 Å². The summed E-state index contributed by atoms with van der Waals surface area (Å²) in [5, 5.41) is 3.60. The lowest BCUT2D eigenvalue weighted by Crippen LogP contribution is -2.05. The first-order valence-corrected chi connectivity index (χ1v) is 7.26. The predicted octanol–water partition coefficient (Wildman–Crippen LogP) is 4.43.